The summed E-state index contributed by atoms with van der Waals surface area (Å²) in [4.78, 5) is 35.5. The van der Waals surface area contributed by atoms with Gasteiger partial charge in [0.15, 0.2) is 0 Å². The van der Waals surface area contributed by atoms with Gasteiger partial charge in [0, 0.05) is 57.1 Å². The van der Waals surface area contributed by atoms with Crippen molar-refractivity contribution in [1.82, 2.24) is 19.7 Å². The Hall–Kier alpha value is -3.19. The zero-order chi connectivity index (χ0) is 23.2. The van der Waals surface area contributed by atoms with E-state index in [0.717, 1.165) is 30.9 Å². The molecule has 174 valence electrons. The molecule has 1 aromatic heterocycles. The zero-order valence-electron chi connectivity index (χ0n) is 19.3. The van der Waals surface area contributed by atoms with Gasteiger partial charge in [-0.25, -0.2) is 0 Å². The van der Waals surface area contributed by atoms with E-state index in [1.165, 1.54) is 11.1 Å². The lowest BCUT2D eigenvalue weighted by Gasteiger charge is -2.24. The van der Waals surface area contributed by atoms with Gasteiger partial charge in [0.25, 0.3) is 0 Å². The maximum Gasteiger partial charge on any atom is 0.228 e. The molecule has 1 aromatic carbocycles. The minimum atomic E-state index is -0.293. The zero-order valence-corrected chi connectivity index (χ0v) is 19.3. The molecule has 7 heteroatoms. The van der Waals surface area contributed by atoms with E-state index in [-0.39, 0.29) is 24.2 Å². The average molecular weight is 449 g/mol. The second kappa shape index (κ2) is 10.6. The molecule has 3 heterocycles. The molecule has 33 heavy (non-hydrogen) atoms. The molecule has 2 aliphatic rings. The summed E-state index contributed by atoms with van der Waals surface area (Å²) >= 11 is 0. The highest BCUT2D eigenvalue weighted by Crippen LogP contribution is 2.28. The molecule has 2 aromatic rings. The van der Waals surface area contributed by atoms with E-state index >= 15 is 0 Å². The van der Waals surface area contributed by atoms with Crippen LogP contribution in [0.15, 0.2) is 55.4 Å². The maximum absolute atomic E-state index is 13.2. The fourth-order valence-electron chi connectivity index (χ4n) is 4.55. The third-order valence-electron chi connectivity index (χ3n) is 6.34. The summed E-state index contributed by atoms with van der Waals surface area (Å²) in [6, 6.07) is 10.4. The summed E-state index contributed by atoms with van der Waals surface area (Å²) in [5, 5.41) is 0. The van der Waals surface area contributed by atoms with E-state index in [0.29, 0.717) is 32.8 Å². The molecule has 2 aliphatic heterocycles. The second-order valence-electron chi connectivity index (χ2n) is 8.70. The Labute approximate surface area is 195 Å². The van der Waals surface area contributed by atoms with Crippen LogP contribution in [0.2, 0.25) is 0 Å². The molecule has 0 aliphatic carbocycles. The molecule has 1 fully saturated rings. The van der Waals surface area contributed by atoms with Crippen LogP contribution in [0.5, 0.6) is 5.75 Å². The van der Waals surface area contributed by atoms with Gasteiger partial charge in [0.1, 0.15) is 12.4 Å². The van der Waals surface area contributed by atoms with E-state index in [9.17, 15) is 9.59 Å². The van der Waals surface area contributed by atoms with Crippen molar-refractivity contribution in [2.75, 3.05) is 32.8 Å². The first kappa shape index (κ1) is 23.0. The Kier molecular flexibility index (Phi) is 7.40. The number of rotatable bonds is 8. The number of ether oxygens (including phenoxy) is 1. The third-order valence-corrected chi connectivity index (χ3v) is 6.34. The smallest absolute Gasteiger partial charge is 0.228 e. The molecule has 0 spiro atoms. The Morgan fingerprint density at radius 3 is 2.79 bits per heavy atom. The van der Waals surface area contributed by atoms with Crippen LogP contribution in [0.25, 0.3) is 0 Å². The largest absolute Gasteiger partial charge is 0.491 e. The summed E-state index contributed by atoms with van der Waals surface area (Å²) in [7, 11) is 0. The Balaban J connectivity index is 1.44. The molecule has 0 radical (unpaired) electrons. The van der Waals surface area contributed by atoms with Gasteiger partial charge in [0.2, 0.25) is 11.8 Å². The molecule has 0 N–H and O–H groups in total. The molecule has 4 rings (SSSR count). The Morgan fingerprint density at radius 2 is 2.03 bits per heavy atom. The van der Waals surface area contributed by atoms with Crippen LogP contribution in [-0.4, -0.2) is 64.3 Å². The quantitative estimate of drug-likeness (QED) is 0.581. The highest BCUT2D eigenvalue weighted by atomic mass is 16.5. The minimum Gasteiger partial charge on any atom is -0.491 e. The number of pyridine rings is 1. The summed E-state index contributed by atoms with van der Waals surface area (Å²) in [6.07, 6.45) is 5.63. The van der Waals surface area contributed by atoms with Gasteiger partial charge >= 0.3 is 0 Å². The molecular weight excluding hydrogens is 416 g/mol. The standard InChI is InChI=1S/C26H32N4O3/c1-3-11-29-19-23(15-25(29)31)26(32)30-12-13-33-24-6-5-21(14-22(24)18-30)17-28(4-2)16-20-7-9-27-10-8-20/h3,5-10,14,23H,1,4,11-13,15-19H2,2H3/t23-/m1/s1. The number of amides is 2. The van der Waals surface area contributed by atoms with Crippen molar-refractivity contribution in [1.29, 1.82) is 0 Å². The van der Waals surface area contributed by atoms with Crippen molar-refractivity contribution in [3.05, 3.63) is 72.1 Å². The summed E-state index contributed by atoms with van der Waals surface area (Å²) in [6.45, 7) is 10.9. The van der Waals surface area contributed by atoms with Gasteiger partial charge < -0.3 is 14.5 Å². The van der Waals surface area contributed by atoms with Gasteiger partial charge in [0.05, 0.1) is 12.5 Å². The van der Waals surface area contributed by atoms with E-state index < -0.39 is 0 Å². The summed E-state index contributed by atoms with van der Waals surface area (Å²) < 4.78 is 5.95. The number of nitrogens with zero attached hydrogens (tertiary/aromatic N) is 4. The molecule has 0 bridgehead atoms. The first-order valence-corrected chi connectivity index (χ1v) is 11.6. The fraction of sp³-hybridized carbons (Fsp3) is 0.423. The Bertz CT molecular complexity index is 994. The lowest BCUT2D eigenvalue weighted by atomic mass is 10.1. The van der Waals surface area contributed by atoms with Gasteiger partial charge in [-0.05, 0) is 41.9 Å². The number of aromatic nitrogens is 1. The van der Waals surface area contributed by atoms with E-state index in [4.69, 9.17) is 4.74 Å². The van der Waals surface area contributed by atoms with Crippen LogP contribution < -0.4 is 4.74 Å². The SMILES string of the molecule is C=CCN1C[C@H](C(=O)N2CCOc3ccc(CN(CC)Cc4ccncc4)cc3C2)CC1=O. The lowest BCUT2D eigenvalue weighted by Crippen LogP contribution is -2.38. The number of hydrogen-bond donors (Lipinski definition) is 0. The van der Waals surface area contributed by atoms with Crippen molar-refractivity contribution >= 4 is 11.8 Å². The van der Waals surface area contributed by atoms with Crippen molar-refractivity contribution in [3.63, 3.8) is 0 Å². The number of carbonyl (C=O) groups is 2. The molecule has 1 saturated heterocycles. The monoisotopic (exact) mass is 448 g/mol. The Morgan fingerprint density at radius 1 is 1.24 bits per heavy atom. The van der Waals surface area contributed by atoms with Crippen LogP contribution >= 0.6 is 0 Å². The average Bonchev–Trinajstić information content (AvgIpc) is 3.06. The number of fused-ring (bicyclic) bond motifs is 1. The topological polar surface area (TPSA) is 66.0 Å². The molecule has 1 atom stereocenters. The van der Waals surface area contributed by atoms with Gasteiger partial charge in [-0.1, -0.05) is 19.1 Å². The summed E-state index contributed by atoms with van der Waals surface area (Å²) in [5.41, 5.74) is 3.44. The molecule has 7 nitrogen and oxygen atoms in total. The van der Waals surface area contributed by atoms with Crippen molar-refractivity contribution in [2.45, 2.75) is 33.0 Å². The first-order chi connectivity index (χ1) is 16.1. The van der Waals surface area contributed by atoms with Crippen molar-refractivity contribution in [3.8, 4) is 5.75 Å². The minimum absolute atomic E-state index is 0.0239. The second-order valence-corrected chi connectivity index (χ2v) is 8.70. The van der Waals surface area contributed by atoms with E-state index in [1.807, 2.05) is 35.5 Å². The highest BCUT2D eigenvalue weighted by Gasteiger charge is 2.36. The van der Waals surface area contributed by atoms with Crippen molar-refractivity contribution in [2.24, 2.45) is 5.92 Å². The van der Waals surface area contributed by atoms with Crippen LogP contribution in [0.3, 0.4) is 0 Å². The predicted molar refractivity (Wildman–Crippen MR) is 126 cm³/mol. The number of likely N-dealkylation sites (tertiary alicyclic amines) is 1. The van der Waals surface area contributed by atoms with Gasteiger partial charge in [-0.2, -0.15) is 0 Å². The number of carbonyl (C=O) groups excluding carboxylic acids is 2. The molecule has 0 unspecified atom stereocenters. The highest BCUT2D eigenvalue weighted by molar-refractivity contribution is 5.89. The number of benzene rings is 1. The number of hydrogen-bond acceptors (Lipinski definition) is 5. The maximum atomic E-state index is 13.2. The lowest BCUT2D eigenvalue weighted by molar-refractivity contribution is -0.136. The van der Waals surface area contributed by atoms with Gasteiger partial charge in [-0.3, -0.25) is 19.5 Å². The summed E-state index contributed by atoms with van der Waals surface area (Å²) in [5.74, 6) is 0.598. The van der Waals surface area contributed by atoms with Crippen LogP contribution in [0.4, 0.5) is 0 Å². The van der Waals surface area contributed by atoms with Gasteiger partial charge in [-0.15, -0.1) is 6.58 Å². The van der Waals surface area contributed by atoms with Crippen molar-refractivity contribution < 1.29 is 14.3 Å². The first-order valence-electron chi connectivity index (χ1n) is 11.6. The third kappa shape index (κ3) is 5.60. The molecule has 2 amide bonds. The fourth-order valence-corrected chi connectivity index (χ4v) is 4.55. The predicted octanol–water partition coefficient (Wildman–Crippen LogP) is 2.86. The van der Waals surface area contributed by atoms with E-state index in [2.05, 4.69) is 35.5 Å². The van der Waals surface area contributed by atoms with Crippen LogP contribution in [-0.2, 0) is 29.2 Å². The van der Waals surface area contributed by atoms with Crippen LogP contribution in [0.1, 0.15) is 30.0 Å². The van der Waals surface area contributed by atoms with E-state index in [1.54, 1.807) is 11.0 Å². The molecular formula is C26H32N4O3. The normalized spacial score (nSPS) is 18.1. The molecule has 0 saturated carbocycles. The van der Waals surface area contributed by atoms with Crippen LogP contribution in [0, 0.1) is 5.92 Å².